The molecule has 1 fully saturated rings. The second-order valence-electron chi connectivity index (χ2n) is 6.07. The van der Waals surface area contributed by atoms with Gasteiger partial charge >= 0.3 is 0 Å². The molecule has 4 nitrogen and oxygen atoms in total. The predicted molar refractivity (Wildman–Crippen MR) is 80.1 cm³/mol. The van der Waals surface area contributed by atoms with Crippen molar-refractivity contribution >= 4 is 0 Å². The maximum atomic E-state index is 5.45. The van der Waals surface area contributed by atoms with Crippen molar-refractivity contribution in [3.05, 3.63) is 23.0 Å². The van der Waals surface area contributed by atoms with E-state index in [4.69, 9.17) is 9.47 Å². The number of aromatic nitrogens is 1. The first kappa shape index (κ1) is 15.3. The van der Waals surface area contributed by atoms with Crippen LogP contribution in [0, 0.1) is 19.3 Å². The lowest BCUT2D eigenvalue weighted by Crippen LogP contribution is -2.36. The molecule has 20 heavy (non-hydrogen) atoms. The van der Waals surface area contributed by atoms with Gasteiger partial charge in [0.25, 0.3) is 0 Å². The zero-order valence-corrected chi connectivity index (χ0v) is 13.1. The van der Waals surface area contributed by atoms with Crippen LogP contribution in [0.1, 0.15) is 36.6 Å². The summed E-state index contributed by atoms with van der Waals surface area (Å²) in [6, 6.07) is 0. The molecule has 1 aromatic heterocycles. The summed E-state index contributed by atoms with van der Waals surface area (Å²) in [4.78, 5) is 4.52. The van der Waals surface area contributed by atoms with Gasteiger partial charge in [-0.05, 0) is 32.1 Å². The fraction of sp³-hybridized carbons (Fsp3) is 0.688. The predicted octanol–water partition coefficient (Wildman–Crippen LogP) is 2.61. The fourth-order valence-electron chi connectivity index (χ4n) is 2.77. The average Bonchev–Trinajstić information content (AvgIpc) is 2.43. The van der Waals surface area contributed by atoms with Crippen LogP contribution in [0.5, 0.6) is 5.75 Å². The van der Waals surface area contributed by atoms with Gasteiger partial charge in [0.2, 0.25) is 0 Å². The van der Waals surface area contributed by atoms with Crippen molar-refractivity contribution in [2.75, 3.05) is 26.9 Å². The molecule has 1 saturated heterocycles. The van der Waals surface area contributed by atoms with Crippen molar-refractivity contribution in [3.63, 3.8) is 0 Å². The highest BCUT2D eigenvalue weighted by Gasteiger charge is 2.26. The quantitative estimate of drug-likeness (QED) is 0.899. The number of ether oxygens (including phenoxy) is 2. The Labute approximate surface area is 121 Å². The molecule has 0 radical (unpaired) electrons. The summed E-state index contributed by atoms with van der Waals surface area (Å²) in [5, 5.41) is 3.55. The molecule has 2 heterocycles. The largest absolute Gasteiger partial charge is 0.496 e. The van der Waals surface area contributed by atoms with E-state index >= 15 is 0 Å². The lowest BCUT2D eigenvalue weighted by Gasteiger charge is -2.33. The van der Waals surface area contributed by atoms with E-state index in [1.54, 1.807) is 7.11 Å². The normalized spacial score (nSPS) is 18.0. The summed E-state index contributed by atoms with van der Waals surface area (Å²) >= 11 is 0. The van der Waals surface area contributed by atoms with E-state index in [-0.39, 0.29) is 0 Å². The standard InChI is InChI=1S/C16H26N2O2/c1-12-9-18-14(13(2)15(12)19-4)10-17-11-16(3)5-7-20-8-6-16/h9,17H,5-8,10-11H2,1-4H3. The van der Waals surface area contributed by atoms with Crippen molar-refractivity contribution < 1.29 is 9.47 Å². The van der Waals surface area contributed by atoms with Crippen LogP contribution in [0.15, 0.2) is 6.20 Å². The van der Waals surface area contributed by atoms with E-state index in [9.17, 15) is 0 Å². The van der Waals surface area contributed by atoms with Crippen molar-refractivity contribution in [1.29, 1.82) is 0 Å². The van der Waals surface area contributed by atoms with Crippen molar-refractivity contribution in [2.24, 2.45) is 5.41 Å². The fourth-order valence-corrected chi connectivity index (χ4v) is 2.77. The highest BCUT2D eigenvalue weighted by molar-refractivity contribution is 5.40. The number of nitrogens with zero attached hydrogens (tertiary/aromatic N) is 1. The maximum absolute atomic E-state index is 5.45. The lowest BCUT2D eigenvalue weighted by atomic mass is 9.82. The minimum absolute atomic E-state index is 0.348. The third-order valence-electron chi connectivity index (χ3n) is 4.29. The van der Waals surface area contributed by atoms with E-state index in [0.29, 0.717) is 5.41 Å². The van der Waals surface area contributed by atoms with E-state index < -0.39 is 0 Å². The number of aryl methyl sites for hydroxylation is 1. The van der Waals surface area contributed by atoms with E-state index in [2.05, 4.69) is 24.1 Å². The summed E-state index contributed by atoms with van der Waals surface area (Å²) < 4.78 is 10.9. The van der Waals surface area contributed by atoms with Gasteiger partial charge in [0, 0.05) is 43.6 Å². The van der Waals surface area contributed by atoms with Crippen molar-refractivity contribution in [2.45, 2.75) is 40.2 Å². The molecule has 112 valence electrons. The number of nitrogens with one attached hydrogen (secondary N) is 1. The zero-order valence-electron chi connectivity index (χ0n) is 13.1. The molecule has 0 unspecified atom stereocenters. The smallest absolute Gasteiger partial charge is 0.128 e. The summed E-state index contributed by atoms with van der Waals surface area (Å²) in [6.07, 6.45) is 4.15. The molecular formula is C16H26N2O2. The average molecular weight is 278 g/mol. The van der Waals surface area contributed by atoms with E-state index in [1.807, 2.05) is 13.1 Å². The first-order chi connectivity index (χ1) is 9.56. The molecule has 1 aliphatic heterocycles. The molecule has 0 amide bonds. The van der Waals surface area contributed by atoms with Crippen LogP contribution >= 0.6 is 0 Å². The Morgan fingerprint density at radius 2 is 2.05 bits per heavy atom. The van der Waals surface area contributed by atoms with Gasteiger partial charge in [-0.15, -0.1) is 0 Å². The maximum Gasteiger partial charge on any atom is 0.128 e. The molecule has 0 aliphatic carbocycles. The number of methoxy groups -OCH3 is 1. The van der Waals surface area contributed by atoms with Gasteiger partial charge < -0.3 is 14.8 Å². The Morgan fingerprint density at radius 1 is 1.35 bits per heavy atom. The Hall–Kier alpha value is -1.13. The Morgan fingerprint density at radius 3 is 2.70 bits per heavy atom. The van der Waals surface area contributed by atoms with Crippen LogP contribution in [0.4, 0.5) is 0 Å². The summed E-state index contributed by atoms with van der Waals surface area (Å²) in [6.45, 7) is 10.00. The second-order valence-corrected chi connectivity index (χ2v) is 6.07. The summed E-state index contributed by atoms with van der Waals surface area (Å²) in [7, 11) is 1.72. The van der Waals surface area contributed by atoms with Gasteiger partial charge in [-0.2, -0.15) is 0 Å². The number of pyridine rings is 1. The Balaban J connectivity index is 1.94. The van der Waals surface area contributed by atoms with Crippen LogP contribution in [-0.2, 0) is 11.3 Å². The van der Waals surface area contributed by atoms with E-state index in [0.717, 1.165) is 61.7 Å². The number of hydrogen-bond acceptors (Lipinski definition) is 4. The van der Waals surface area contributed by atoms with Gasteiger partial charge in [0.15, 0.2) is 0 Å². The van der Waals surface area contributed by atoms with Gasteiger partial charge in [-0.1, -0.05) is 6.92 Å². The second kappa shape index (κ2) is 6.55. The molecule has 1 aromatic rings. The van der Waals surface area contributed by atoms with Gasteiger partial charge in [-0.25, -0.2) is 0 Å². The Bertz CT molecular complexity index is 454. The molecule has 0 atom stereocenters. The van der Waals surface area contributed by atoms with Crippen LogP contribution in [0.3, 0.4) is 0 Å². The van der Waals surface area contributed by atoms with Crippen LogP contribution in [-0.4, -0.2) is 31.9 Å². The minimum Gasteiger partial charge on any atom is -0.496 e. The molecule has 0 saturated carbocycles. The van der Waals surface area contributed by atoms with Crippen LogP contribution in [0.25, 0.3) is 0 Å². The Kier molecular flexibility index (Phi) is 5.00. The van der Waals surface area contributed by atoms with Gasteiger partial charge in [0.1, 0.15) is 5.75 Å². The molecule has 4 heteroatoms. The monoisotopic (exact) mass is 278 g/mol. The van der Waals surface area contributed by atoms with Gasteiger partial charge in [-0.3, -0.25) is 4.98 Å². The topological polar surface area (TPSA) is 43.4 Å². The molecule has 0 aromatic carbocycles. The molecular weight excluding hydrogens is 252 g/mol. The van der Waals surface area contributed by atoms with Crippen LogP contribution in [0.2, 0.25) is 0 Å². The first-order valence-corrected chi connectivity index (χ1v) is 7.33. The SMILES string of the molecule is COc1c(C)cnc(CNCC2(C)CCOCC2)c1C. The summed E-state index contributed by atoms with van der Waals surface area (Å²) in [5.41, 5.74) is 3.64. The van der Waals surface area contributed by atoms with Crippen molar-refractivity contribution in [3.8, 4) is 5.75 Å². The first-order valence-electron chi connectivity index (χ1n) is 7.33. The third kappa shape index (κ3) is 3.49. The molecule has 0 bridgehead atoms. The molecule has 2 rings (SSSR count). The minimum atomic E-state index is 0.348. The number of hydrogen-bond donors (Lipinski definition) is 1. The zero-order chi connectivity index (χ0) is 14.6. The summed E-state index contributed by atoms with van der Waals surface area (Å²) in [5.74, 6) is 0.953. The molecule has 1 aliphatic rings. The highest BCUT2D eigenvalue weighted by Crippen LogP contribution is 2.29. The lowest BCUT2D eigenvalue weighted by molar-refractivity contribution is 0.0239. The van der Waals surface area contributed by atoms with Gasteiger partial charge in [0.05, 0.1) is 12.8 Å². The number of rotatable bonds is 5. The van der Waals surface area contributed by atoms with E-state index in [1.165, 1.54) is 0 Å². The molecule has 0 spiro atoms. The van der Waals surface area contributed by atoms with Crippen molar-refractivity contribution in [1.82, 2.24) is 10.3 Å². The highest BCUT2D eigenvalue weighted by atomic mass is 16.5. The third-order valence-corrected chi connectivity index (χ3v) is 4.29. The van der Waals surface area contributed by atoms with Crippen LogP contribution < -0.4 is 10.1 Å². The molecule has 1 N–H and O–H groups in total.